The number of ether oxygens (including phenoxy) is 1. The number of rotatable bonds is 12. The topological polar surface area (TPSA) is 124 Å². The number of thioether (sulfide) groups is 1. The van der Waals surface area contributed by atoms with E-state index in [0.29, 0.717) is 38.2 Å². The third kappa shape index (κ3) is 7.14. The number of hydrogen-bond donors (Lipinski definition) is 3. The first-order chi connectivity index (χ1) is 15.4. The van der Waals surface area contributed by atoms with Gasteiger partial charge in [-0.05, 0) is 38.5 Å². The molecule has 1 saturated heterocycles. The molecule has 1 aliphatic heterocycles. The van der Waals surface area contributed by atoms with Crippen LogP contribution in [-0.2, 0) is 19.1 Å². The Morgan fingerprint density at radius 2 is 2.06 bits per heavy atom. The highest BCUT2D eigenvalue weighted by Crippen LogP contribution is 2.36. The highest BCUT2D eigenvalue weighted by Gasteiger charge is 2.40. The molecule has 1 heterocycles. The van der Waals surface area contributed by atoms with Crippen molar-refractivity contribution in [2.24, 2.45) is 5.92 Å². The monoisotopic (exact) mass is 461 g/mol. The van der Waals surface area contributed by atoms with Crippen LogP contribution in [0.2, 0.25) is 0 Å². The number of benzene rings is 1. The van der Waals surface area contributed by atoms with E-state index in [1.165, 1.54) is 18.9 Å². The van der Waals surface area contributed by atoms with Crippen molar-refractivity contribution in [2.75, 3.05) is 44.0 Å². The number of carbonyl (C=O) groups excluding carboxylic acids is 3. The van der Waals surface area contributed by atoms with Gasteiger partial charge in [-0.3, -0.25) is 14.4 Å². The molecule has 3 amide bonds. The fourth-order valence-electron chi connectivity index (χ4n) is 3.48. The lowest BCUT2D eigenvalue weighted by Gasteiger charge is -2.23. The summed E-state index contributed by atoms with van der Waals surface area (Å²) >= 11 is 1.52. The quantitative estimate of drug-likeness (QED) is 0.435. The Bertz CT molecular complexity index is 844. The van der Waals surface area contributed by atoms with Gasteiger partial charge in [-0.25, -0.2) is 0 Å². The summed E-state index contributed by atoms with van der Waals surface area (Å²) in [5.74, 6) is -1.26. The second kappa shape index (κ2) is 12.9. The standard InChI is InChI=1S/C22H31N5O4S/c1-4-24-21(29)15(13-23)11-20-27(5-2)22(30)18(32-20)9-10-25-16-7-6-8-17(12-16)26-19(28)14-31-3/h6-8,12,15,18,20,25H,4-5,9-11,14H2,1-3H3,(H,24,29)(H,26,28). The number of methoxy groups -OCH3 is 1. The minimum atomic E-state index is -0.776. The molecule has 2 rings (SSSR count). The minimum absolute atomic E-state index is 0.0134. The molecule has 0 bridgehead atoms. The van der Waals surface area contributed by atoms with Crippen LogP contribution in [0.4, 0.5) is 11.4 Å². The van der Waals surface area contributed by atoms with E-state index in [4.69, 9.17) is 4.74 Å². The second-order valence-corrected chi connectivity index (χ2v) is 8.68. The molecular formula is C22H31N5O4S. The van der Waals surface area contributed by atoms with Crippen LogP contribution in [0.3, 0.4) is 0 Å². The first kappa shape index (κ1) is 25.5. The van der Waals surface area contributed by atoms with Crippen LogP contribution in [0, 0.1) is 17.2 Å². The van der Waals surface area contributed by atoms with Gasteiger partial charge in [-0.2, -0.15) is 5.26 Å². The van der Waals surface area contributed by atoms with Crippen molar-refractivity contribution in [3.63, 3.8) is 0 Å². The number of anilines is 2. The third-order valence-electron chi connectivity index (χ3n) is 4.99. The van der Waals surface area contributed by atoms with Crippen LogP contribution in [0.25, 0.3) is 0 Å². The van der Waals surface area contributed by atoms with Gasteiger partial charge in [-0.1, -0.05) is 6.07 Å². The summed E-state index contributed by atoms with van der Waals surface area (Å²) in [4.78, 5) is 38.3. The fraction of sp³-hybridized carbons (Fsp3) is 0.545. The smallest absolute Gasteiger partial charge is 0.250 e. The summed E-state index contributed by atoms with van der Waals surface area (Å²) in [6, 6.07) is 9.40. The number of nitriles is 1. The van der Waals surface area contributed by atoms with Crippen molar-refractivity contribution in [1.82, 2.24) is 10.2 Å². The van der Waals surface area contributed by atoms with Gasteiger partial charge in [0.1, 0.15) is 12.5 Å². The van der Waals surface area contributed by atoms with E-state index in [9.17, 15) is 19.6 Å². The van der Waals surface area contributed by atoms with Crippen LogP contribution in [0.5, 0.6) is 0 Å². The van der Waals surface area contributed by atoms with Crippen LogP contribution in [-0.4, -0.2) is 66.6 Å². The fourth-order valence-corrected chi connectivity index (χ4v) is 5.07. The van der Waals surface area contributed by atoms with Crippen molar-refractivity contribution in [1.29, 1.82) is 5.26 Å². The van der Waals surface area contributed by atoms with E-state index >= 15 is 0 Å². The van der Waals surface area contributed by atoms with E-state index in [-0.39, 0.29) is 35.0 Å². The Kier molecular flexibility index (Phi) is 10.3. The van der Waals surface area contributed by atoms with E-state index in [1.807, 2.05) is 32.0 Å². The molecule has 0 aliphatic carbocycles. The maximum absolute atomic E-state index is 12.8. The average Bonchev–Trinajstić information content (AvgIpc) is 3.06. The Hall–Kier alpha value is -2.77. The van der Waals surface area contributed by atoms with Crippen molar-refractivity contribution in [3.05, 3.63) is 24.3 Å². The molecule has 32 heavy (non-hydrogen) atoms. The number of carbonyl (C=O) groups is 3. The molecule has 10 heteroatoms. The van der Waals surface area contributed by atoms with Crippen molar-refractivity contribution >= 4 is 40.9 Å². The molecule has 0 saturated carbocycles. The zero-order valence-corrected chi connectivity index (χ0v) is 19.5. The van der Waals surface area contributed by atoms with Gasteiger partial charge in [0.2, 0.25) is 17.7 Å². The molecule has 0 aromatic heterocycles. The maximum Gasteiger partial charge on any atom is 0.250 e. The third-order valence-corrected chi connectivity index (χ3v) is 6.51. The number of nitrogens with one attached hydrogen (secondary N) is 3. The molecule has 1 aliphatic rings. The molecule has 1 aromatic carbocycles. The lowest BCUT2D eigenvalue weighted by atomic mass is 10.1. The van der Waals surface area contributed by atoms with Crippen molar-refractivity contribution in [3.8, 4) is 6.07 Å². The van der Waals surface area contributed by atoms with Crippen LogP contribution < -0.4 is 16.0 Å². The molecule has 3 atom stereocenters. The first-order valence-electron chi connectivity index (χ1n) is 10.7. The maximum atomic E-state index is 12.8. The van der Waals surface area contributed by atoms with E-state index in [2.05, 4.69) is 22.0 Å². The van der Waals surface area contributed by atoms with Gasteiger partial charge in [0.15, 0.2) is 0 Å². The Morgan fingerprint density at radius 1 is 1.31 bits per heavy atom. The molecule has 1 fully saturated rings. The highest BCUT2D eigenvalue weighted by atomic mass is 32.2. The Morgan fingerprint density at radius 3 is 2.72 bits per heavy atom. The van der Waals surface area contributed by atoms with Gasteiger partial charge >= 0.3 is 0 Å². The van der Waals surface area contributed by atoms with Gasteiger partial charge in [-0.15, -0.1) is 11.8 Å². The van der Waals surface area contributed by atoms with Gasteiger partial charge < -0.3 is 25.6 Å². The molecule has 0 radical (unpaired) electrons. The number of hydrogen-bond acceptors (Lipinski definition) is 7. The van der Waals surface area contributed by atoms with Gasteiger partial charge in [0.25, 0.3) is 0 Å². The zero-order chi connectivity index (χ0) is 23.5. The van der Waals surface area contributed by atoms with Crippen LogP contribution >= 0.6 is 11.8 Å². The predicted octanol–water partition coefficient (Wildman–Crippen LogP) is 2.03. The molecule has 0 spiro atoms. The first-order valence-corrected chi connectivity index (χ1v) is 11.6. The molecule has 9 nitrogen and oxygen atoms in total. The van der Waals surface area contributed by atoms with Gasteiger partial charge in [0.05, 0.1) is 16.7 Å². The molecular weight excluding hydrogens is 430 g/mol. The van der Waals surface area contributed by atoms with Crippen molar-refractivity contribution < 1.29 is 19.1 Å². The lowest BCUT2D eigenvalue weighted by Crippen LogP contribution is -2.38. The van der Waals surface area contributed by atoms with Crippen LogP contribution in [0.1, 0.15) is 26.7 Å². The Labute approximate surface area is 193 Å². The molecule has 1 aromatic rings. The SMILES string of the molecule is CCNC(=O)C(C#N)CC1SC(CCNc2cccc(NC(=O)COC)c2)C(=O)N1CC. The molecule has 3 N–H and O–H groups in total. The number of amides is 3. The minimum Gasteiger partial charge on any atom is -0.385 e. The summed E-state index contributed by atoms with van der Waals surface area (Å²) in [5.41, 5.74) is 1.49. The summed E-state index contributed by atoms with van der Waals surface area (Å²) in [7, 11) is 1.46. The molecule has 174 valence electrons. The summed E-state index contributed by atoms with van der Waals surface area (Å²) in [6.07, 6.45) is 0.925. The van der Waals surface area contributed by atoms with E-state index in [1.54, 1.807) is 11.0 Å². The van der Waals surface area contributed by atoms with Crippen LogP contribution in [0.15, 0.2) is 24.3 Å². The summed E-state index contributed by atoms with van der Waals surface area (Å²) in [5, 5.41) is 17.7. The zero-order valence-electron chi connectivity index (χ0n) is 18.7. The molecule has 3 unspecified atom stereocenters. The summed E-state index contributed by atoms with van der Waals surface area (Å²) < 4.78 is 4.81. The second-order valence-electron chi connectivity index (χ2n) is 7.29. The summed E-state index contributed by atoms with van der Waals surface area (Å²) in [6.45, 7) is 5.28. The Balaban J connectivity index is 1.91. The normalized spacial score (nSPS) is 18.7. The number of nitrogens with zero attached hydrogens (tertiary/aromatic N) is 2. The van der Waals surface area contributed by atoms with E-state index < -0.39 is 5.92 Å². The lowest BCUT2D eigenvalue weighted by molar-refractivity contribution is -0.131. The highest BCUT2D eigenvalue weighted by molar-refractivity contribution is 8.01. The average molecular weight is 462 g/mol. The van der Waals surface area contributed by atoms with Crippen molar-refractivity contribution in [2.45, 2.75) is 37.3 Å². The van der Waals surface area contributed by atoms with E-state index in [0.717, 1.165) is 5.69 Å². The predicted molar refractivity (Wildman–Crippen MR) is 125 cm³/mol. The largest absolute Gasteiger partial charge is 0.385 e. The van der Waals surface area contributed by atoms with Gasteiger partial charge in [0, 0.05) is 44.5 Å².